The van der Waals surface area contributed by atoms with Gasteiger partial charge in [-0.05, 0) is 37.5 Å². The molecule has 1 N–H and O–H groups in total. The van der Waals surface area contributed by atoms with Crippen LogP contribution in [-0.4, -0.2) is 33.9 Å². The molecule has 9 heteroatoms. The standard InChI is InChI=1S/C17H16ClF3N4O/c18-12-5-4-11(17(19,20)21)8-13(12)24-15-9-14(22-10-23-15)16(26)25-6-2-1-3-7-25/h4-5,8-10H,1-3,6-7H2,(H,22,23,24). The Hall–Kier alpha value is -2.35. The van der Waals surface area contributed by atoms with Crippen LogP contribution in [0.15, 0.2) is 30.6 Å². The van der Waals surface area contributed by atoms with Crippen molar-refractivity contribution in [1.82, 2.24) is 14.9 Å². The molecule has 2 aromatic rings. The fraction of sp³-hybridized carbons (Fsp3) is 0.353. The minimum atomic E-state index is -4.48. The van der Waals surface area contributed by atoms with E-state index in [4.69, 9.17) is 11.6 Å². The number of piperidine rings is 1. The normalized spacial score (nSPS) is 15.0. The van der Waals surface area contributed by atoms with E-state index in [2.05, 4.69) is 15.3 Å². The second-order valence-corrected chi connectivity index (χ2v) is 6.37. The lowest BCUT2D eigenvalue weighted by Gasteiger charge is -2.26. The average Bonchev–Trinajstić information content (AvgIpc) is 2.63. The maximum atomic E-state index is 12.9. The van der Waals surface area contributed by atoms with E-state index in [-0.39, 0.29) is 28.1 Å². The van der Waals surface area contributed by atoms with Crippen molar-refractivity contribution in [2.75, 3.05) is 18.4 Å². The zero-order valence-electron chi connectivity index (χ0n) is 13.7. The first-order chi connectivity index (χ1) is 12.3. The summed E-state index contributed by atoms with van der Waals surface area (Å²) in [4.78, 5) is 22.1. The van der Waals surface area contributed by atoms with E-state index in [0.29, 0.717) is 13.1 Å². The first-order valence-electron chi connectivity index (χ1n) is 8.10. The third-order valence-corrected chi connectivity index (χ3v) is 4.42. The van der Waals surface area contributed by atoms with E-state index in [1.54, 1.807) is 4.90 Å². The Morgan fingerprint density at radius 2 is 1.85 bits per heavy atom. The van der Waals surface area contributed by atoms with Gasteiger partial charge >= 0.3 is 6.18 Å². The molecule has 1 aromatic carbocycles. The molecule has 3 rings (SSSR count). The second-order valence-electron chi connectivity index (χ2n) is 5.96. The van der Waals surface area contributed by atoms with Crippen LogP contribution >= 0.6 is 11.6 Å². The third kappa shape index (κ3) is 4.24. The summed E-state index contributed by atoms with van der Waals surface area (Å²) in [6.45, 7) is 1.34. The highest BCUT2D eigenvalue weighted by atomic mass is 35.5. The van der Waals surface area contributed by atoms with Crippen molar-refractivity contribution in [2.24, 2.45) is 0 Å². The molecule has 0 saturated carbocycles. The van der Waals surface area contributed by atoms with Gasteiger partial charge in [-0.3, -0.25) is 4.79 Å². The maximum Gasteiger partial charge on any atom is 0.416 e. The number of benzene rings is 1. The van der Waals surface area contributed by atoms with Crippen LogP contribution in [0.2, 0.25) is 5.02 Å². The van der Waals surface area contributed by atoms with E-state index in [1.165, 1.54) is 12.4 Å². The molecule has 1 aromatic heterocycles. The van der Waals surface area contributed by atoms with E-state index in [0.717, 1.165) is 37.5 Å². The molecule has 1 aliphatic rings. The molecule has 0 atom stereocenters. The number of nitrogens with zero attached hydrogens (tertiary/aromatic N) is 3. The highest BCUT2D eigenvalue weighted by Gasteiger charge is 2.31. The first-order valence-corrected chi connectivity index (χ1v) is 8.47. The number of amides is 1. The second kappa shape index (κ2) is 7.49. The summed E-state index contributed by atoms with van der Waals surface area (Å²) in [5.74, 6) is -0.0214. The van der Waals surface area contributed by atoms with Crippen LogP contribution < -0.4 is 5.32 Å². The van der Waals surface area contributed by atoms with Crippen LogP contribution in [-0.2, 0) is 6.18 Å². The van der Waals surface area contributed by atoms with Gasteiger partial charge in [0.2, 0.25) is 0 Å². The first kappa shape index (κ1) is 18.4. The zero-order chi connectivity index (χ0) is 18.7. The quantitative estimate of drug-likeness (QED) is 0.845. The van der Waals surface area contributed by atoms with Gasteiger partial charge in [0.05, 0.1) is 16.3 Å². The molecule has 1 fully saturated rings. The van der Waals surface area contributed by atoms with Gasteiger partial charge in [-0.2, -0.15) is 13.2 Å². The van der Waals surface area contributed by atoms with Crippen LogP contribution in [0.4, 0.5) is 24.7 Å². The van der Waals surface area contributed by atoms with Gasteiger partial charge in [-0.1, -0.05) is 11.6 Å². The summed E-state index contributed by atoms with van der Waals surface area (Å²) < 4.78 is 38.6. The van der Waals surface area contributed by atoms with Gasteiger partial charge in [0.1, 0.15) is 17.8 Å². The molecular weight excluding hydrogens is 369 g/mol. The third-order valence-electron chi connectivity index (χ3n) is 4.09. The van der Waals surface area contributed by atoms with Crippen LogP contribution in [0.25, 0.3) is 0 Å². The Morgan fingerprint density at radius 1 is 1.12 bits per heavy atom. The predicted octanol–water partition coefficient (Wildman–Crippen LogP) is 4.52. The summed E-state index contributed by atoms with van der Waals surface area (Å²) in [7, 11) is 0. The Balaban J connectivity index is 1.82. The molecule has 1 amide bonds. The molecule has 138 valence electrons. The Kier molecular flexibility index (Phi) is 5.31. The van der Waals surface area contributed by atoms with Crippen molar-refractivity contribution < 1.29 is 18.0 Å². The smallest absolute Gasteiger partial charge is 0.339 e. The number of aromatic nitrogens is 2. The minimum absolute atomic E-state index is 0.0524. The van der Waals surface area contributed by atoms with Crippen molar-refractivity contribution in [1.29, 1.82) is 0 Å². The molecule has 1 saturated heterocycles. The Labute approximate surface area is 153 Å². The molecule has 26 heavy (non-hydrogen) atoms. The lowest BCUT2D eigenvalue weighted by molar-refractivity contribution is -0.137. The number of hydrogen-bond acceptors (Lipinski definition) is 4. The zero-order valence-corrected chi connectivity index (χ0v) is 14.4. The molecule has 0 bridgehead atoms. The van der Waals surface area contributed by atoms with Crippen molar-refractivity contribution in [2.45, 2.75) is 25.4 Å². The minimum Gasteiger partial charge on any atom is -0.339 e. The van der Waals surface area contributed by atoms with Crippen LogP contribution in [0, 0.1) is 0 Å². The van der Waals surface area contributed by atoms with E-state index in [1.807, 2.05) is 0 Å². The van der Waals surface area contributed by atoms with Gasteiger partial charge in [0, 0.05) is 19.2 Å². The Bertz CT molecular complexity index is 807. The van der Waals surface area contributed by atoms with Gasteiger partial charge in [0.15, 0.2) is 0 Å². The SMILES string of the molecule is O=C(c1cc(Nc2cc(C(F)(F)F)ccc2Cl)ncn1)N1CCCCC1. The van der Waals surface area contributed by atoms with Crippen molar-refractivity contribution >= 4 is 29.0 Å². The Morgan fingerprint density at radius 3 is 2.54 bits per heavy atom. The van der Waals surface area contributed by atoms with Crippen molar-refractivity contribution in [3.05, 3.63) is 46.9 Å². The number of likely N-dealkylation sites (tertiary alicyclic amines) is 1. The molecule has 0 radical (unpaired) electrons. The number of carbonyl (C=O) groups is 1. The summed E-state index contributed by atoms with van der Waals surface area (Å²) in [6, 6.07) is 4.37. The molecule has 0 spiro atoms. The van der Waals surface area contributed by atoms with Crippen LogP contribution in [0.3, 0.4) is 0 Å². The lowest BCUT2D eigenvalue weighted by Crippen LogP contribution is -2.36. The van der Waals surface area contributed by atoms with Crippen LogP contribution in [0.1, 0.15) is 35.3 Å². The monoisotopic (exact) mass is 384 g/mol. The fourth-order valence-electron chi connectivity index (χ4n) is 2.74. The molecule has 0 unspecified atom stereocenters. The molecule has 1 aliphatic heterocycles. The number of halogens is 4. The van der Waals surface area contributed by atoms with Crippen molar-refractivity contribution in [3.8, 4) is 0 Å². The van der Waals surface area contributed by atoms with E-state index >= 15 is 0 Å². The fourth-order valence-corrected chi connectivity index (χ4v) is 2.90. The van der Waals surface area contributed by atoms with E-state index in [9.17, 15) is 18.0 Å². The summed E-state index contributed by atoms with van der Waals surface area (Å²) >= 11 is 5.97. The van der Waals surface area contributed by atoms with Gasteiger partial charge in [0.25, 0.3) is 5.91 Å². The number of carbonyl (C=O) groups excluding carboxylic acids is 1. The van der Waals surface area contributed by atoms with Gasteiger partial charge in [-0.15, -0.1) is 0 Å². The summed E-state index contributed by atoms with van der Waals surface area (Å²) in [6.07, 6.45) is -0.305. The highest BCUT2D eigenvalue weighted by molar-refractivity contribution is 6.33. The summed E-state index contributed by atoms with van der Waals surface area (Å²) in [5.41, 5.74) is -0.591. The molecule has 0 aliphatic carbocycles. The topological polar surface area (TPSA) is 58.1 Å². The number of anilines is 2. The average molecular weight is 385 g/mol. The highest BCUT2D eigenvalue weighted by Crippen LogP contribution is 2.34. The lowest BCUT2D eigenvalue weighted by atomic mass is 10.1. The predicted molar refractivity (Wildman–Crippen MR) is 91.5 cm³/mol. The van der Waals surface area contributed by atoms with Crippen LogP contribution in [0.5, 0.6) is 0 Å². The molecule has 2 heterocycles. The summed E-state index contributed by atoms with van der Waals surface area (Å²) in [5, 5.41) is 2.84. The maximum absolute atomic E-state index is 12.9. The number of alkyl halides is 3. The number of hydrogen-bond donors (Lipinski definition) is 1. The number of rotatable bonds is 3. The van der Waals surface area contributed by atoms with Gasteiger partial charge < -0.3 is 10.2 Å². The van der Waals surface area contributed by atoms with Crippen molar-refractivity contribution in [3.63, 3.8) is 0 Å². The number of nitrogens with one attached hydrogen (secondary N) is 1. The molecule has 5 nitrogen and oxygen atoms in total. The van der Waals surface area contributed by atoms with E-state index < -0.39 is 11.7 Å². The molecular formula is C17H16ClF3N4O. The van der Waals surface area contributed by atoms with Gasteiger partial charge in [-0.25, -0.2) is 9.97 Å². The largest absolute Gasteiger partial charge is 0.416 e.